The Morgan fingerprint density at radius 3 is 1.65 bits per heavy atom. The lowest BCUT2D eigenvalue weighted by atomic mass is 9.91. The Bertz CT molecular complexity index is 2820. The van der Waals surface area contributed by atoms with Crippen molar-refractivity contribution in [3.8, 4) is 45.3 Å². The minimum Gasteiger partial charge on any atom is -0.208 e. The highest BCUT2D eigenvalue weighted by atomic mass is 32.1. The average Bonchev–Trinajstić information content (AvgIpc) is 3.55. The third kappa shape index (κ3) is 4.61. The summed E-state index contributed by atoms with van der Waals surface area (Å²) in [6, 6.07) is 58.0. The highest BCUT2D eigenvalue weighted by Gasteiger charge is 2.18. The van der Waals surface area contributed by atoms with Crippen LogP contribution in [0.2, 0.25) is 0 Å². The monoisotopic (exact) mass is 641 g/mol. The van der Waals surface area contributed by atoms with Gasteiger partial charge in [-0.05, 0) is 67.7 Å². The minimum atomic E-state index is 0.659. The largest absolute Gasteiger partial charge is 0.208 e. The highest BCUT2D eigenvalue weighted by Crippen LogP contribution is 2.45. The van der Waals surface area contributed by atoms with E-state index < -0.39 is 0 Å². The van der Waals surface area contributed by atoms with Crippen molar-refractivity contribution in [2.75, 3.05) is 0 Å². The van der Waals surface area contributed by atoms with Gasteiger partial charge in [-0.3, -0.25) is 0 Å². The molecule has 0 unspecified atom stereocenters. The van der Waals surface area contributed by atoms with E-state index in [9.17, 15) is 0 Å². The van der Waals surface area contributed by atoms with E-state index in [2.05, 4.69) is 103 Å². The smallest absolute Gasteiger partial charge is 0.164 e. The van der Waals surface area contributed by atoms with Gasteiger partial charge in [-0.25, -0.2) is 15.0 Å². The maximum absolute atomic E-state index is 5.07. The predicted molar refractivity (Wildman–Crippen MR) is 207 cm³/mol. The fourth-order valence-electron chi connectivity index (χ4n) is 7.21. The van der Waals surface area contributed by atoms with E-state index in [0.717, 1.165) is 22.1 Å². The molecule has 0 amide bonds. The Hall–Kier alpha value is -6.23. The second kappa shape index (κ2) is 11.2. The number of rotatable bonds is 4. The Balaban J connectivity index is 1.21. The molecule has 0 N–H and O–H groups in total. The zero-order valence-electron chi connectivity index (χ0n) is 26.3. The van der Waals surface area contributed by atoms with Gasteiger partial charge in [0, 0.05) is 36.9 Å². The molecule has 0 aliphatic heterocycles. The summed E-state index contributed by atoms with van der Waals surface area (Å²) in [5.74, 6) is 1.98. The first kappa shape index (κ1) is 27.8. The summed E-state index contributed by atoms with van der Waals surface area (Å²) in [4.78, 5) is 15.1. The maximum Gasteiger partial charge on any atom is 0.164 e. The zero-order chi connectivity index (χ0) is 32.3. The van der Waals surface area contributed by atoms with E-state index in [1.165, 1.54) is 58.2 Å². The Kier molecular flexibility index (Phi) is 6.36. The molecule has 10 aromatic rings. The molecule has 228 valence electrons. The lowest BCUT2D eigenvalue weighted by Gasteiger charge is -2.14. The normalized spacial score (nSPS) is 11.7. The molecule has 2 aromatic heterocycles. The van der Waals surface area contributed by atoms with Gasteiger partial charge in [0.15, 0.2) is 17.5 Å². The van der Waals surface area contributed by atoms with Gasteiger partial charge in [0.1, 0.15) is 0 Å². The third-order valence-electron chi connectivity index (χ3n) is 9.52. The van der Waals surface area contributed by atoms with Crippen LogP contribution >= 0.6 is 11.3 Å². The van der Waals surface area contributed by atoms with E-state index >= 15 is 0 Å². The summed E-state index contributed by atoms with van der Waals surface area (Å²) in [6.45, 7) is 0. The summed E-state index contributed by atoms with van der Waals surface area (Å²) in [6.07, 6.45) is 0. The average molecular weight is 642 g/mol. The number of thiophene rings is 1. The molecule has 8 aromatic carbocycles. The van der Waals surface area contributed by atoms with Gasteiger partial charge >= 0.3 is 0 Å². The van der Waals surface area contributed by atoms with Crippen molar-refractivity contribution in [1.29, 1.82) is 0 Å². The Labute approximate surface area is 286 Å². The molecule has 10 rings (SSSR count). The van der Waals surface area contributed by atoms with Crippen LogP contribution in [0, 0.1) is 0 Å². The van der Waals surface area contributed by atoms with Crippen molar-refractivity contribution < 1.29 is 0 Å². The van der Waals surface area contributed by atoms with Crippen molar-refractivity contribution in [2.24, 2.45) is 0 Å². The molecule has 0 fully saturated rings. The quantitative estimate of drug-likeness (QED) is 0.180. The van der Waals surface area contributed by atoms with Gasteiger partial charge in [-0.15, -0.1) is 11.3 Å². The molecule has 0 aliphatic rings. The van der Waals surface area contributed by atoms with Gasteiger partial charge in [-0.1, -0.05) is 140 Å². The molecule has 0 atom stereocenters. The molecule has 2 heterocycles. The molecule has 49 heavy (non-hydrogen) atoms. The number of benzene rings is 8. The molecule has 0 spiro atoms. The number of aromatic nitrogens is 3. The number of hydrogen-bond acceptors (Lipinski definition) is 4. The Morgan fingerprint density at radius 1 is 0.327 bits per heavy atom. The molecule has 4 heteroatoms. The van der Waals surface area contributed by atoms with Crippen molar-refractivity contribution in [3.05, 3.63) is 164 Å². The van der Waals surface area contributed by atoms with E-state index in [-0.39, 0.29) is 0 Å². The molecule has 0 bridgehead atoms. The summed E-state index contributed by atoms with van der Waals surface area (Å²) in [5.41, 5.74) is 5.33. The topological polar surface area (TPSA) is 38.7 Å². The second-order valence-electron chi connectivity index (χ2n) is 12.4. The van der Waals surface area contributed by atoms with Crippen LogP contribution in [0.15, 0.2) is 164 Å². The first-order chi connectivity index (χ1) is 24.3. The van der Waals surface area contributed by atoms with E-state index in [4.69, 9.17) is 15.0 Å². The molecule has 0 aliphatic carbocycles. The molecule has 0 saturated carbocycles. The van der Waals surface area contributed by atoms with Crippen LogP contribution in [0.25, 0.3) is 97.8 Å². The summed E-state index contributed by atoms with van der Waals surface area (Å²) in [7, 11) is 0. The Morgan fingerprint density at radius 2 is 0.918 bits per heavy atom. The van der Waals surface area contributed by atoms with Gasteiger partial charge in [0.05, 0.1) is 0 Å². The van der Waals surface area contributed by atoms with E-state index in [0.29, 0.717) is 17.5 Å². The molecule has 0 saturated heterocycles. The van der Waals surface area contributed by atoms with Crippen LogP contribution in [0.5, 0.6) is 0 Å². The molecular formula is C45H27N3S. The van der Waals surface area contributed by atoms with E-state index in [1.807, 2.05) is 72.0 Å². The summed E-state index contributed by atoms with van der Waals surface area (Å²) in [5, 5.41) is 9.99. The number of hydrogen-bond donors (Lipinski definition) is 0. The fraction of sp³-hybridized carbons (Fsp3) is 0. The zero-order valence-corrected chi connectivity index (χ0v) is 27.2. The van der Waals surface area contributed by atoms with Crippen LogP contribution in [-0.4, -0.2) is 15.0 Å². The molecule has 3 nitrogen and oxygen atoms in total. The molecule has 0 radical (unpaired) electrons. The highest BCUT2D eigenvalue weighted by molar-refractivity contribution is 7.26. The molecular weight excluding hydrogens is 615 g/mol. The standard InChI is InChI=1S/C45H27N3S/c1-3-13-29(14-4-1)43-46-44(30-15-5-2-6-16-30)48-45(47-43)37-25-24-35(33-18-9-10-19-34(33)37)36-20-11-21-40-42(36)39-27-38-31(26-41(39)49-40)23-22-28-12-7-8-17-32(28)38/h1-27H. The maximum atomic E-state index is 5.07. The summed E-state index contributed by atoms with van der Waals surface area (Å²) < 4.78 is 2.59. The minimum absolute atomic E-state index is 0.659. The van der Waals surface area contributed by atoms with Crippen molar-refractivity contribution in [1.82, 2.24) is 15.0 Å². The van der Waals surface area contributed by atoms with Gasteiger partial charge < -0.3 is 0 Å². The van der Waals surface area contributed by atoms with Crippen LogP contribution in [0.4, 0.5) is 0 Å². The van der Waals surface area contributed by atoms with Crippen LogP contribution < -0.4 is 0 Å². The lowest BCUT2D eigenvalue weighted by molar-refractivity contribution is 1.08. The van der Waals surface area contributed by atoms with Crippen molar-refractivity contribution >= 4 is 63.8 Å². The van der Waals surface area contributed by atoms with Crippen LogP contribution in [0.3, 0.4) is 0 Å². The predicted octanol–water partition coefficient (Wildman–Crippen LogP) is 12.4. The fourth-order valence-corrected chi connectivity index (χ4v) is 8.37. The first-order valence-corrected chi connectivity index (χ1v) is 17.3. The van der Waals surface area contributed by atoms with Crippen molar-refractivity contribution in [3.63, 3.8) is 0 Å². The van der Waals surface area contributed by atoms with Crippen molar-refractivity contribution in [2.45, 2.75) is 0 Å². The third-order valence-corrected chi connectivity index (χ3v) is 10.6. The van der Waals surface area contributed by atoms with Gasteiger partial charge in [0.25, 0.3) is 0 Å². The van der Waals surface area contributed by atoms with Gasteiger partial charge in [-0.2, -0.15) is 0 Å². The van der Waals surface area contributed by atoms with Crippen LogP contribution in [-0.2, 0) is 0 Å². The van der Waals surface area contributed by atoms with Crippen LogP contribution in [0.1, 0.15) is 0 Å². The first-order valence-electron chi connectivity index (χ1n) is 16.4. The SMILES string of the molecule is c1ccc(-c2nc(-c3ccccc3)nc(-c3ccc(-c4cccc5sc6cc7ccc8ccccc8c7cc6c45)c4ccccc34)n2)cc1. The second-order valence-corrected chi connectivity index (χ2v) is 13.5. The number of fused-ring (bicyclic) bond motifs is 7. The number of nitrogens with zero attached hydrogens (tertiary/aromatic N) is 3. The van der Waals surface area contributed by atoms with E-state index in [1.54, 1.807) is 0 Å². The lowest BCUT2D eigenvalue weighted by Crippen LogP contribution is -2.00. The summed E-state index contributed by atoms with van der Waals surface area (Å²) >= 11 is 1.87. The van der Waals surface area contributed by atoms with Gasteiger partial charge in [0.2, 0.25) is 0 Å².